The highest BCUT2D eigenvalue weighted by atomic mass is 16.6. The number of nitro groups is 1. The molecule has 0 spiro atoms. The lowest BCUT2D eigenvalue weighted by molar-refractivity contribution is -0.384. The molecule has 0 atom stereocenters. The molecule has 0 saturated heterocycles. The van der Waals surface area contributed by atoms with Crippen LogP contribution in [0.5, 0.6) is 0 Å². The number of hydrogen-bond acceptors (Lipinski definition) is 4. The molecule has 1 heterocycles. The number of amides is 2. The van der Waals surface area contributed by atoms with Gasteiger partial charge in [0.05, 0.1) is 16.1 Å². The van der Waals surface area contributed by atoms with Gasteiger partial charge in [-0.25, -0.2) is 0 Å². The highest BCUT2D eigenvalue weighted by molar-refractivity contribution is 6.21. The quantitative estimate of drug-likeness (QED) is 0.408. The molecule has 6 heteroatoms. The maximum Gasteiger partial charge on any atom is 0.270 e. The predicted octanol–water partition coefficient (Wildman–Crippen LogP) is 4.97. The van der Waals surface area contributed by atoms with E-state index >= 15 is 0 Å². The summed E-state index contributed by atoms with van der Waals surface area (Å²) in [6, 6.07) is 4.00. The monoisotopic (exact) mass is 384 g/mol. The van der Waals surface area contributed by atoms with E-state index in [4.69, 9.17) is 0 Å². The molecule has 2 amide bonds. The van der Waals surface area contributed by atoms with Gasteiger partial charge >= 0.3 is 0 Å². The molecule has 2 fully saturated rings. The summed E-state index contributed by atoms with van der Waals surface area (Å²) in [4.78, 5) is 37.8. The molecule has 28 heavy (non-hydrogen) atoms. The predicted molar refractivity (Wildman–Crippen MR) is 105 cm³/mol. The van der Waals surface area contributed by atoms with Crippen molar-refractivity contribution in [3.05, 3.63) is 39.4 Å². The number of hydrogen-bond donors (Lipinski definition) is 0. The zero-order valence-electron chi connectivity index (χ0n) is 16.3. The van der Waals surface area contributed by atoms with Gasteiger partial charge in [0.25, 0.3) is 17.5 Å². The number of imide groups is 1. The second-order valence-corrected chi connectivity index (χ2v) is 8.67. The van der Waals surface area contributed by atoms with Crippen molar-refractivity contribution in [3.8, 4) is 0 Å². The summed E-state index contributed by atoms with van der Waals surface area (Å²) >= 11 is 0. The van der Waals surface area contributed by atoms with Crippen LogP contribution in [0.3, 0.4) is 0 Å². The Morgan fingerprint density at radius 1 is 0.893 bits per heavy atom. The van der Waals surface area contributed by atoms with Gasteiger partial charge in [0.1, 0.15) is 0 Å². The summed E-state index contributed by atoms with van der Waals surface area (Å²) in [6.45, 7) is 0.468. The molecule has 6 nitrogen and oxygen atoms in total. The van der Waals surface area contributed by atoms with Crippen molar-refractivity contribution in [1.29, 1.82) is 0 Å². The lowest BCUT2D eigenvalue weighted by Gasteiger charge is -2.39. The van der Waals surface area contributed by atoms with Crippen molar-refractivity contribution in [2.24, 2.45) is 17.8 Å². The molecule has 4 rings (SSSR count). The Kier molecular flexibility index (Phi) is 5.47. The maximum atomic E-state index is 13.0. The van der Waals surface area contributed by atoms with E-state index in [1.807, 2.05) is 0 Å². The van der Waals surface area contributed by atoms with Gasteiger partial charge in [-0.2, -0.15) is 0 Å². The number of carbonyl (C=O) groups is 2. The van der Waals surface area contributed by atoms with Crippen LogP contribution < -0.4 is 0 Å². The van der Waals surface area contributed by atoms with Gasteiger partial charge in [-0.3, -0.25) is 24.6 Å². The summed E-state index contributed by atoms with van der Waals surface area (Å²) in [5.74, 6) is 0.871. The third-order valence-corrected chi connectivity index (χ3v) is 7.07. The van der Waals surface area contributed by atoms with Crippen molar-refractivity contribution >= 4 is 17.5 Å². The van der Waals surface area contributed by atoms with Gasteiger partial charge in [0.15, 0.2) is 0 Å². The lowest BCUT2D eigenvalue weighted by atomic mass is 9.69. The van der Waals surface area contributed by atoms with Crippen LogP contribution in [-0.4, -0.2) is 28.2 Å². The van der Waals surface area contributed by atoms with Crippen LogP contribution in [0.4, 0.5) is 5.69 Å². The molecule has 150 valence electrons. The zero-order chi connectivity index (χ0) is 19.7. The van der Waals surface area contributed by atoms with Crippen LogP contribution in [0.25, 0.3) is 0 Å². The summed E-state index contributed by atoms with van der Waals surface area (Å²) in [5.41, 5.74) is 0.352. The molecule has 0 unspecified atom stereocenters. The van der Waals surface area contributed by atoms with Crippen LogP contribution in [0.1, 0.15) is 84.9 Å². The lowest BCUT2D eigenvalue weighted by Crippen LogP contribution is -2.41. The minimum atomic E-state index is -0.520. The number of rotatable bonds is 5. The third kappa shape index (κ3) is 3.56. The van der Waals surface area contributed by atoms with Crippen molar-refractivity contribution in [1.82, 2.24) is 4.90 Å². The van der Waals surface area contributed by atoms with Crippen molar-refractivity contribution in [3.63, 3.8) is 0 Å². The number of nitro benzene ring substituents is 1. The van der Waals surface area contributed by atoms with E-state index < -0.39 is 4.92 Å². The molecule has 3 aliphatic rings. The van der Waals surface area contributed by atoms with Crippen LogP contribution in [0.15, 0.2) is 18.2 Å². The van der Waals surface area contributed by atoms with E-state index in [0.717, 1.165) is 0 Å². The fourth-order valence-corrected chi connectivity index (χ4v) is 5.58. The Bertz CT molecular complexity index is 761. The second kappa shape index (κ2) is 8.02. The van der Waals surface area contributed by atoms with Crippen molar-refractivity contribution in [2.45, 2.75) is 64.2 Å². The molecule has 0 N–H and O–H groups in total. The van der Waals surface area contributed by atoms with E-state index in [2.05, 4.69) is 0 Å². The number of nitrogens with zero attached hydrogens (tertiary/aromatic N) is 2. The zero-order valence-corrected chi connectivity index (χ0v) is 16.3. The Morgan fingerprint density at radius 2 is 1.43 bits per heavy atom. The summed E-state index contributed by atoms with van der Waals surface area (Å²) in [6.07, 6.45) is 12.3. The first kappa shape index (κ1) is 19.1. The Balaban J connectivity index is 1.58. The largest absolute Gasteiger partial charge is 0.274 e. The molecule has 2 aliphatic carbocycles. The standard InChI is InChI=1S/C22H28N2O4/c25-21-18-12-11-17(24(27)28)13-19(18)22(26)23(21)14-20(15-7-3-1-4-8-15)16-9-5-2-6-10-16/h11-13,15-16,20H,1-10,14H2. The first-order valence-corrected chi connectivity index (χ1v) is 10.7. The average Bonchev–Trinajstić information content (AvgIpc) is 2.97. The van der Waals surface area contributed by atoms with Gasteiger partial charge in [0, 0.05) is 18.7 Å². The summed E-state index contributed by atoms with van der Waals surface area (Å²) in [5, 5.41) is 11.1. The summed E-state index contributed by atoms with van der Waals surface area (Å²) < 4.78 is 0. The molecule has 2 saturated carbocycles. The van der Waals surface area contributed by atoms with Gasteiger partial charge in [-0.05, 0) is 23.8 Å². The summed E-state index contributed by atoms with van der Waals surface area (Å²) in [7, 11) is 0. The van der Waals surface area contributed by atoms with Gasteiger partial charge in [-0.15, -0.1) is 0 Å². The Hall–Kier alpha value is -2.24. The molecule has 0 bridgehead atoms. The first-order valence-electron chi connectivity index (χ1n) is 10.7. The number of carbonyl (C=O) groups excluding carboxylic acids is 2. The molecule has 1 aliphatic heterocycles. The van der Waals surface area contributed by atoms with E-state index in [1.165, 1.54) is 87.3 Å². The number of fused-ring (bicyclic) bond motifs is 1. The number of benzene rings is 1. The minimum Gasteiger partial charge on any atom is -0.274 e. The van der Waals surface area contributed by atoms with Gasteiger partial charge < -0.3 is 0 Å². The SMILES string of the molecule is O=C1c2ccc([N+](=O)[O-])cc2C(=O)N1CC(C1CCCCC1)C1CCCCC1. The minimum absolute atomic E-state index is 0.141. The van der Waals surface area contributed by atoms with E-state index in [-0.39, 0.29) is 23.1 Å². The Labute approximate surface area is 165 Å². The number of non-ortho nitro benzene ring substituents is 1. The normalized spacial score (nSPS) is 21.4. The Morgan fingerprint density at radius 3 is 1.96 bits per heavy atom. The second-order valence-electron chi connectivity index (χ2n) is 8.67. The van der Waals surface area contributed by atoms with Crippen LogP contribution >= 0.6 is 0 Å². The molecule has 0 aromatic heterocycles. The molecule has 1 aromatic carbocycles. The van der Waals surface area contributed by atoms with Crippen LogP contribution in [-0.2, 0) is 0 Å². The van der Waals surface area contributed by atoms with Crippen molar-refractivity contribution < 1.29 is 14.5 Å². The topological polar surface area (TPSA) is 80.5 Å². The van der Waals surface area contributed by atoms with Crippen molar-refractivity contribution in [2.75, 3.05) is 6.54 Å². The molecule has 1 aromatic rings. The molecule has 0 radical (unpaired) electrons. The van der Waals surface area contributed by atoms with E-state index in [0.29, 0.717) is 29.9 Å². The average molecular weight is 384 g/mol. The first-order chi connectivity index (χ1) is 13.6. The van der Waals surface area contributed by atoms with Crippen LogP contribution in [0, 0.1) is 27.9 Å². The maximum absolute atomic E-state index is 13.0. The smallest absolute Gasteiger partial charge is 0.270 e. The van der Waals surface area contributed by atoms with E-state index in [9.17, 15) is 19.7 Å². The fraction of sp³-hybridized carbons (Fsp3) is 0.636. The molecular formula is C22H28N2O4. The highest BCUT2D eigenvalue weighted by Crippen LogP contribution is 2.41. The third-order valence-electron chi connectivity index (χ3n) is 7.07. The van der Waals surface area contributed by atoms with Gasteiger partial charge in [0.2, 0.25) is 0 Å². The van der Waals surface area contributed by atoms with E-state index in [1.54, 1.807) is 0 Å². The molecular weight excluding hydrogens is 356 g/mol. The highest BCUT2D eigenvalue weighted by Gasteiger charge is 2.41. The fourth-order valence-electron chi connectivity index (χ4n) is 5.58. The van der Waals surface area contributed by atoms with Crippen LogP contribution in [0.2, 0.25) is 0 Å². The van der Waals surface area contributed by atoms with Gasteiger partial charge in [-0.1, -0.05) is 64.2 Å².